The van der Waals surface area contributed by atoms with Crippen molar-refractivity contribution in [2.45, 2.75) is 38.5 Å². The van der Waals surface area contributed by atoms with Crippen LogP contribution >= 0.6 is 11.3 Å². The van der Waals surface area contributed by atoms with Crippen molar-refractivity contribution in [3.63, 3.8) is 0 Å². The van der Waals surface area contributed by atoms with Gasteiger partial charge in [-0.25, -0.2) is 4.98 Å². The fourth-order valence-corrected chi connectivity index (χ4v) is 4.53. The summed E-state index contributed by atoms with van der Waals surface area (Å²) < 4.78 is 5.54. The lowest BCUT2D eigenvalue weighted by atomic mass is 9.97. The highest BCUT2D eigenvalue weighted by Gasteiger charge is 2.26. The van der Waals surface area contributed by atoms with Crippen molar-refractivity contribution in [2.75, 3.05) is 19.7 Å². The smallest absolute Gasteiger partial charge is 0.227 e. The molecule has 1 aromatic heterocycles. The quantitative estimate of drug-likeness (QED) is 0.859. The number of thiazole rings is 1. The van der Waals surface area contributed by atoms with Gasteiger partial charge in [0.15, 0.2) is 0 Å². The van der Waals surface area contributed by atoms with E-state index in [-0.39, 0.29) is 5.91 Å². The molecule has 1 fully saturated rings. The van der Waals surface area contributed by atoms with Gasteiger partial charge in [-0.05, 0) is 37.0 Å². The van der Waals surface area contributed by atoms with Gasteiger partial charge in [-0.3, -0.25) is 4.79 Å². The molecule has 2 aliphatic heterocycles. The summed E-state index contributed by atoms with van der Waals surface area (Å²) in [5.41, 5.74) is 3.41. The lowest BCUT2D eigenvalue weighted by Crippen LogP contribution is -2.39. The summed E-state index contributed by atoms with van der Waals surface area (Å²) in [4.78, 5) is 19.4. The van der Waals surface area contributed by atoms with E-state index in [0.717, 1.165) is 56.0 Å². The van der Waals surface area contributed by atoms with E-state index in [0.29, 0.717) is 12.3 Å². The van der Waals surface area contributed by atoms with Gasteiger partial charge in [0.25, 0.3) is 0 Å². The number of aryl methyl sites for hydroxylation is 1. The van der Waals surface area contributed by atoms with E-state index in [1.54, 1.807) is 11.3 Å². The predicted molar refractivity (Wildman–Crippen MR) is 94.8 cm³/mol. The normalized spacial score (nSPS) is 19.9. The van der Waals surface area contributed by atoms with Gasteiger partial charge >= 0.3 is 0 Å². The molecule has 0 aliphatic carbocycles. The Labute approximate surface area is 146 Å². The minimum Gasteiger partial charge on any atom is -0.493 e. The van der Waals surface area contributed by atoms with Crippen molar-refractivity contribution in [3.05, 3.63) is 45.4 Å². The van der Waals surface area contributed by atoms with Crippen molar-refractivity contribution in [1.29, 1.82) is 0 Å². The maximum atomic E-state index is 12.7. The van der Waals surface area contributed by atoms with Crippen LogP contribution in [0.5, 0.6) is 5.75 Å². The number of rotatable bonds is 3. The number of carbonyl (C=O) groups is 1. The third-order valence-electron chi connectivity index (χ3n) is 4.87. The molecule has 5 heteroatoms. The molecule has 0 spiro atoms. The number of amides is 1. The van der Waals surface area contributed by atoms with E-state index < -0.39 is 0 Å². The lowest BCUT2D eigenvalue weighted by molar-refractivity contribution is -0.131. The second-order valence-corrected chi connectivity index (χ2v) is 7.61. The van der Waals surface area contributed by atoms with Crippen LogP contribution in [0.1, 0.15) is 40.6 Å². The van der Waals surface area contributed by atoms with E-state index in [2.05, 4.69) is 16.4 Å². The zero-order chi connectivity index (χ0) is 16.5. The minimum absolute atomic E-state index is 0.229. The maximum absolute atomic E-state index is 12.7. The Balaban J connectivity index is 1.42. The molecule has 1 aromatic carbocycles. The lowest BCUT2D eigenvalue weighted by Gasteiger charge is -2.32. The summed E-state index contributed by atoms with van der Waals surface area (Å²) >= 11 is 1.72. The molecule has 1 atom stereocenters. The van der Waals surface area contributed by atoms with Crippen LogP contribution in [-0.2, 0) is 17.6 Å². The summed E-state index contributed by atoms with van der Waals surface area (Å²) in [5.74, 6) is 1.60. The Kier molecular flexibility index (Phi) is 4.27. The summed E-state index contributed by atoms with van der Waals surface area (Å²) in [7, 11) is 0. The molecule has 2 aliphatic rings. The third kappa shape index (κ3) is 3.18. The van der Waals surface area contributed by atoms with Gasteiger partial charge in [0.1, 0.15) is 5.75 Å². The SMILES string of the molecule is Cc1csc(C2CCCN(C(=O)Cc3ccc4c(c3)CCO4)C2)n1. The first-order valence-corrected chi connectivity index (χ1v) is 9.51. The first-order chi connectivity index (χ1) is 11.7. The van der Waals surface area contributed by atoms with Gasteiger partial charge in [0.2, 0.25) is 5.91 Å². The number of nitrogens with zero attached hydrogens (tertiary/aromatic N) is 2. The van der Waals surface area contributed by atoms with Crippen molar-refractivity contribution >= 4 is 17.2 Å². The van der Waals surface area contributed by atoms with Crippen LogP contribution < -0.4 is 4.74 Å². The first kappa shape index (κ1) is 15.6. The maximum Gasteiger partial charge on any atom is 0.227 e. The molecule has 1 saturated heterocycles. The number of benzene rings is 1. The third-order valence-corrected chi connectivity index (χ3v) is 5.99. The Hall–Kier alpha value is -1.88. The van der Waals surface area contributed by atoms with E-state index in [1.807, 2.05) is 24.0 Å². The largest absolute Gasteiger partial charge is 0.493 e. The second kappa shape index (κ2) is 6.55. The van der Waals surface area contributed by atoms with Crippen molar-refractivity contribution in [3.8, 4) is 5.75 Å². The highest BCUT2D eigenvalue weighted by Crippen LogP contribution is 2.30. The Morgan fingerprint density at radius 3 is 3.21 bits per heavy atom. The van der Waals surface area contributed by atoms with Crippen molar-refractivity contribution < 1.29 is 9.53 Å². The number of aromatic nitrogens is 1. The topological polar surface area (TPSA) is 42.4 Å². The zero-order valence-corrected chi connectivity index (χ0v) is 14.8. The summed E-state index contributed by atoms with van der Waals surface area (Å²) in [6.45, 7) is 4.46. The summed E-state index contributed by atoms with van der Waals surface area (Å²) in [6.07, 6.45) is 3.63. The molecular formula is C19H22N2O2S. The fraction of sp³-hybridized carbons (Fsp3) is 0.474. The molecule has 0 N–H and O–H groups in total. The van der Waals surface area contributed by atoms with E-state index in [9.17, 15) is 4.79 Å². The molecule has 0 bridgehead atoms. The van der Waals surface area contributed by atoms with Gasteiger partial charge in [0.05, 0.1) is 18.0 Å². The molecule has 2 aromatic rings. The molecule has 24 heavy (non-hydrogen) atoms. The number of likely N-dealkylation sites (tertiary alicyclic amines) is 1. The van der Waals surface area contributed by atoms with E-state index >= 15 is 0 Å². The minimum atomic E-state index is 0.229. The Morgan fingerprint density at radius 1 is 1.46 bits per heavy atom. The molecule has 1 unspecified atom stereocenters. The van der Waals surface area contributed by atoms with Gasteiger partial charge in [-0.1, -0.05) is 12.1 Å². The van der Waals surface area contributed by atoms with Crippen LogP contribution in [0.15, 0.2) is 23.6 Å². The number of hydrogen-bond donors (Lipinski definition) is 0. The average Bonchev–Trinajstić information content (AvgIpc) is 3.23. The molecule has 4 rings (SSSR count). The molecule has 4 nitrogen and oxygen atoms in total. The van der Waals surface area contributed by atoms with Crippen LogP contribution in [0.2, 0.25) is 0 Å². The Morgan fingerprint density at radius 2 is 2.38 bits per heavy atom. The number of hydrogen-bond acceptors (Lipinski definition) is 4. The summed E-state index contributed by atoms with van der Waals surface area (Å²) in [5, 5.41) is 3.28. The van der Waals surface area contributed by atoms with Gasteiger partial charge in [-0.2, -0.15) is 0 Å². The number of piperidine rings is 1. The number of carbonyl (C=O) groups excluding carboxylic acids is 1. The standard InChI is InChI=1S/C19H22N2O2S/c1-13-12-24-19(20-13)16-3-2-7-21(11-16)18(22)10-14-4-5-17-15(9-14)6-8-23-17/h4-5,9,12,16H,2-3,6-8,10-11H2,1H3. The molecule has 3 heterocycles. The van der Waals surface area contributed by atoms with Crippen molar-refractivity contribution in [2.24, 2.45) is 0 Å². The highest BCUT2D eigenvalue weighted by atomic mass is 32.1. The van der Waals surface area contributed by atoms with E-state index in [4.69, 9.17) is 4.74 Å². The molecule has 126 valence electrons. The molecule has 0 radical (unpaired) electrons. The van der Waals surface area contributed by atoms with E-state index in [1.165, 1.54) is 10.6 Å². The van der Waals surface area contributed by atoms with Gasteiger partial charge in [-0.15, -0.1) is 11.3 Å². The van der Waals surface area contributed by atoms with Crippen LogP contribution in [0, 0.1) is 6.92 Å². The van der Waals surface area contributed by atoms with Crippen LogP contribution in [0.3, 0.4) is 0 Å². The molecular weight excluding hydrogens is 320 g/mol. The highest BCUT2D eigenvalue weighted by molar-refractivity contribution is 7.09. The average molecular weight is 342 g/mol. The second-order valence-electron chi connectivity index (χ2n) is 6.72. The van der Waals surface area contributed by atoms with Crippen LogP contribution in [0.4, 0.5) is 0 Å². The van der Waals surface area contributed by atoms with Crippen LogP contribution in [-0.4, -0.2) is 35.5 Å². The number of ether oxygens (including phenoxy) is 1. The van der Waals surface area contributed by atoms with Gasteiger partial charge < -0.3 is 9.64 Å². The molecule has 1 amide bonds. The summed E-state index contributed by atoms with van der Waals surface area (Å²) in [6, 6.07) is 6.15. The monoisotopic (exact) mass is 342 g/mol. The Bertz CT molecular complexity index is 756. The van der Waals surface area contributed by atoms with Crippen LogP contribution in [0.25, 0.3) is 0 Å². The first-order valence-electron chi connectivity index (χ1n) is 8.63. The zero-order valence-electron chi connectivity index (χ0n) is 14.0. The predicted octanol–water partition coefficient (Wildman–Crippen LogP) is 3.34. The fourth-order valence-electron chi connectivity index (χ4n) is 3.60. The van der Waals surface area contributed by atoms with Crippen molar-refractivity contribution in [1.82, 2.24) is 9.88 Å². The molecule has 0 saturated carbocycles. The number of fused-ring (bicyclic) bond motifs is 1. The van der Waals surface area contributed by atoms with Gasteiger partial charge in [0, 0.05) is 36.5 Å².